The highest BCUT2D eigenvalue weighted by molar-refractivity contribution is 7.89. The molecule has 0 saturated heterocycles. The summed E-state index contributed by atoms with van der Waals surface area (Å²) in [5.74, 6) is -1.20. The van der Waals surface area contributed by atoms with Gasteiger partial charge in [0.2, 0.25) is 10.0 Å². The van der Waals surface area contributed by atoms with E-state index in [1.807, 2.05) is 0 Å². The number of sulfonamides is 1. The first-order valence-corrected chi connectivity index (χ1v) is 7.12. The van der Waals surface area contributed by atoms with Gasteiger partial charge in [-0.25, -0.2) is 17.5 Å². The van der Waals surface area contributed by atoms with Gasteiger partial charge in [-0.15, -0.1) is 0 Å². The summed E-state index contributed by atoms with van der Waals surface area (Å²) in [6, 6.07) is 2.29. The Balaban J connectivity index is 3.02. The zero-order valence-corrected chi connectivity index (χ0v) is 11.8. The molecule has 20 heavy (non-hydrogen) atoms. The van der Waals surface area contributed by atoms with Gasteiger partial charge in [-0.1, -0.05) is 13.8 Å². The number of hydrogen-bond donors (Lipinski definition) is 2. The molecule has 0 aliphatic heterocycles. The maximum absolute atomic E-state index is 13.6. The van der Waals surface area contributed by atoms with Crippen LogP contribution in [0.25, 0.3) is 0 Å². The molecule has 112 valence electrons. The van der Waals surface area contributed by atoms with E-state index in [1.165, 1.54) is 0 Å². The molecular formula is C11H15FN2O5S. The minimum Gasteiger partial charge on any atom is -0.396 e. The fraction of sp³-hybridized carbons (Fsp3) is 0.455. The molecule has 0 radical (unpaired) electrons. The Morgan fingerprint density at radius 2 is 2.05 bits per heavy atom. The van der Waals surface area contributed by atoms with E-state index in [-0.39, 0.29) is 13.2 Å². The second kappa shape index (κ2) is 5.81. The van der Waals surface area contributed by atoms with E-state index < -0.39 is 36.8 Å². The molecule has 0 aliphatic rings. The number of aliphatic hydroxyl groups excluding tert-OH is 1. The lowest BCUT2D eigenvalue weighted by atomic mass is 9.96. The van der Waals surface area contributed by atoms with Crippen LogP contribution in [0.2, 0.25) is 0 Å². The number of nitro groups is 1. The Hall–Kier alpha value is -1.58. The van der Waals surface area contributed by atoms with Crippen molar-refractivity contribution < 1.29 is 22.8 Å². The van der Waals surface area contributed by atoms with Crippen molar-refractivity contribution in [2.75, 3.05) is 13.2 Å². The first kappa shape index (κ1) is 16.5. The lowest BCUT2D eigenvalue weighted by Crippen LogP contribution is -2.36. The van der Waals surface area contributed by atoms with E-state index in [0.29, 0.717) is 6.07 Å². The zero-order valence-electron chi connectivity index (χ0n) is 11.0. The fourth-order valence-electron chi connectivity index (χ4n) is 1.25. The molecule has 7 nitrogen and oxygen atoms in total. The molecule has 9 heteroatoms. The predicted octanol–water partition coefficient (Wildman–Crippen LogP) is 1.03. The van der Waals surface area contributed by atoms with E-state index in [1.54, 1.807) is 13.8 Å². The van der Waals surface area contributed by atoms with Crippen molar-refractivity contribution in [3.05, 3.63) is 34.1 Å². The molecular weight excluding hydrogens is 291 g/mol. The van der Waals surface area contributed by atoms with E-state index in [2.05, 4.69) is 4.72 Å². The molecule has 0 aliphatic carbocycles. The van der Waals surface area contributed by atoms with Crippen molar-refractivity contribution in [2.24, 2.45) is 5.41 Å². The summed E-state index contributed by atoms with van der Waals surface area (Å²) in [6.45, 7) is 2.91. The van der Waals surface area contributed by atoms with Crippen LogP contribution in [0, 0.1) is 21.3 Å². The third-order valence-electron chi connectivity index (χ3n) is 2.58. The van der Waals surface area contributed by atoms with Crippen molar-refractivity contribution in [3.63, 3.8) is 0 Å². The Kier molecular flexibility index (Phi) is 4.79. The summed E-state index contributed by atoms with van der Waals surface area (Å²) in [7, 11) is -4.14. The number of non-ortho nitro benzene ring substituents is 1. The third kappa shape index (κ3) is 3.95. The van der Waals surface area contributed by atoms with Crippen LogP contribution in [-0.4, -0.2) is 31.6 Å². The van der Waals surface area contributed by atoms with Gasteiger partial charge in [0.25, 0.3) is 5.69 Å². The van der Waals surface area contributed by atoms with E-state index in [0.717, 1.165) is 12.1 Å². The van der Waals surface area contributed by atoms with E-state index in [9.17, 15) is 22.9 Å². The molecule has 2 N–H and O–H groups in total. The largest absolute Gasteiger partial charge is 0.396 e. The zero-order chi connectivity index (χ0) is 15.6. The van der Waals surface area contributed by atoms with Crippen LogP contribution in [-0.2, 0) is 10.0 Å². The molecule has 0 heterocycles. The van der Waals surface area contributed by atoms with Crippen LogP contribution < -0.4 is 4.72 Å². The van der Waals surface area contributed by atoms with Crippen LogP contribution in [0.1, 0.15) is 13.8 Å². The van der Waals surface area contributed by atoms with Crippen molar-refractivity contribution in [2.45, 2.75) is 18.7 Å². The van der Waals surface area contributed by atoms with Crippen LogP contribution >= 0.6 is 0 Å². The smallest absolute Gasteiger partial charge is 0.272 e. The van der Waals surface area contributed by atoms with Crippen molar-refractivity contribution in [3.8, 4) is 0 Å². The lowest BCUT2D eigenvalue weighted by molar-refractivity contribution is -0.385. The lowest BCUT2D eigenvalue weighted by Gasteiger charge is -2.21. The highest BCUT2D eigenvalue weighted by atomic mass is 32.2. The van der Waals surface area contributed by atoms with E-state index in [4.69, 9.17) is 5.11 Å². The first-order valence-electron chi connectivity index (χ1n) is 5.63. The first-order chi connectivity index (χ1) is 9.09. The molecule has 0 amide bonds. The van der Waals surface area contributed by atoms with Crippen LogP contribution in [0.5, 0.6) is 0 Å². The molecule has 0 unspecified atom stereocenters. The Morgan fingerprint density at radius 1 is 1.45 bits per heavy atom. The third-order valence-corrected chi connectivity index (χ3v) is 4.02. The monoisotopic (exact) mass is 306 g/mol. The van der Waals surface area contributed by atoms with Crippen molar-refractivity contribution >= 4 is 15.7 Å². The average Bonchev–Trinajstić information content (AvgIpc) is 2.36. The van der Waals surface area contributed by atoms with Gasteiger partial charge in [-0.3, -0.25) is 10.1 Å². The van der Waals surface area contributed by atoms with Gasteiger partial charge in [-0.05, 0) is 6.07 Å². The SMILES string of the molecule is CC(C)(CO)CNS(=O)(=O)c1ccc([N+](=O)[O-])cc1F. The van der Waals surface area contributed by atoms with Gasteiger partial charge < -0.3 is 5.11 Å². The number of nitro benzene ring substituents is 1. The minimum absolute atomic E-state index is 0.0950. The van der Waals surface area contributed by atoms with Crippen LogP contribution in [0.3, 0.4) is 0 Å². The van der Waals surface area contributed by atoms with Crippen LogP contribution in [0.4, 0.5) is 10.1 Å². The fourth-order valence-corrected chi connectivity index (χ4v) is 2.54. The summed E-state index contributed by atoms with van der Waals surface area (Å²) in [4.78, 5) is 8.97. The quantitative estimate of drug-likeness (QED) is 0.602. The maximum atomic E-state index is 13.6. The molecule has 0 spiro atoms. The Morgan fingerprint density at radius 3 is 2.50 bits per heavy atom. The van der Waals surface area contributed by atoms with Gasteiger partial charge in [0, 0.05) is 24.6 Å². The number of aliphatic hydroxyl groups is 1. The average molecular weight is 306 g/mol. The van der Waals surface area contributed by atoms with Crippen LogP contribution in [0.15, 0.2) is 23.1 Å². The highest BCUT2D eigenvalue weighted by Crippen LogP contribution is 2.21. The second-order valence-electron chi connectivity index (χ2n) is 5.02. The van der Waals surface area contributed by atoms with Gasteiger partial charge in [-0.2, -0.15) is 0 Å². The summed E-state index contributed by atoms with van der Waals surface area (Å²) in [6.07, 6.45) is 0. The number of rotatable bonds is 6. The number of nitrogens with zero attached hydrogens (tertiary/aromatic N) is 1. The molecule has 0 aromatic heterocycles. The van der Waals surface area contributed by atoms with Gasteiger partial charge in [0.1, 0.15) is 10.7 Å². The number of halogens is 1. The molecule has 1 aromatic rings. The summed E-state index contributed by atoms with van der Waals surface area (Å²) < 4.78 is 39.6. The predicted molar refractivity (Wildman–Crippen MR) is 69.1 cm³/mol. The van der Waals surface area contributed by atoms with Gasteiger partial charge >= 0.3 is 0 Å². The molecule has 0 saturated carbocycles. The van der Waals surface area contributed by atoms with Gasteiger partial charge in [0.15, 0.2) is 0 Å². The van der Waals surface area contributed by atoms with Crippen molar-refractivity contribution in [1.82, 2.24) is 4.72 Å². The molecule has 0 bridgehead atoms. The minimum atomic E-state index is -4.14. The number of benzene rings is 1. The molecule has 1 rings (SSSR count). The molecule has 1 aromatic carbocycles. The number of hydrogen-bond acceptors (Lipinski definition) is 5. The standard InChI is InChI=1S/C11H15FN2O5S/c1-11(2,7-15)6-13-20(18,19)10-4-3-8(14(16)17)5-9(10)12/h3-5,13,15H,6-7H2,1-2H3. The Bertz CT molecular complexity index is 615. The second-order valence-corrected chi connectivity index (χ2v) is 6.75. The Labute approximate surface area is 115 Å². The van der Waals surface area contributed by atoms with E-state index >= 15 is 0 Å². The van der Waals surface area contributed by atoms with Gasteiger partial charge in [0.05, 0.1) is 11.0 Å². The van der Waals surface area contributed by atoms with Crippen molar-refractivity contribution in [1.29, 1.82) is 0 Å². The normalized spacial score (nSPS) is 12.4. The summed E-state index contributed by atoms with van der Waals surface area (Å²) in [5, 5.41) is 19.5. The summed E-state index contributed by atoms with van der Waals surface area (Å²) >= 11 is 0. The maximum Gasteiger partial charge on any atom is 0.272 e. The topological polar surface area (TPSA) is 110 Å². The molecule has 0 fully saturated rings. The highest BCUT2D eigenvalue weighted by Gasteiger charge is 2.25. The summed E-state index contributed by atoms with van der Waals surface area (Å²) in [5.41, 5.74) is -1.23. The molecule has 0 atom stereocenters. The number of nitrogens with one attached hydrogen (secondary N) is 1.